The van der Waals surface area contributed by atoms with E-state index < -0.39 is 28.4 Å². The van der Waals surface area contributed by atoms with Crippen molar-refractivity contribution in [2.45, 2.75) is 11.8 Å². The van der Waals surface area contributed by atoms with Gasteiger partial charge in [0.15, 0.2) is 5.69 Å². The van der Waals surface area contributed by atoms with Crippen molar-refractivity contribution in [3.63, 3.8) is 0 Å². The normalized spacial score (nSPS) is 11.5. The van der Waals surface area contributed by atoms with E-state index in [1.807, 2.05) is 6.92 Å². The zero-order valence-corrected chi connectivity index (χ0v) is 16.1. The van der Waals surface area contributed by atoms with Gasteiger partial charge in [0.25, 0.3) is 11.8 Å². The third kappa shape index (κ3) is 4.02. The van der Waals surface area contributed by atoms with Gasteiger partial charge in [-0.25, -0.2) is 8.42 Å². The number of nitrogens with zero attached hydrogens (tertiary/aromatic N) is 2. The third-order valence-electron chi connectivity index (χ3n) is 4.10. The number of sulfonamides is 1. The maximum absolute atomic E-state index is 12.5. The Bertz CT molecular complexity index is 1120. The van der Waals surface area contributed by atoms with Gasteiger partial charge in [0, 0.05) is 12.4 Å². The molecule has 2 amide bonds. The average molecular weight is 401 g/mol. The second-order valence-electron chi connectivity index (χ2n) is 6.19. The number of nitrogens with one attached hydrogen (secondary N) is 3. The number of likely N-dealkylation sites (N-methyl/N-ethyl adjacent to an activating group) is 1. The van der Waals surface area contributed by atoms with Crippen molar-refractivity contribution in [2.24, 2.45) is 0 Å². The minimum atomic E-state index is -3.82. The van der Waals surface area contributed by atoms with Crippen molar-refractivity contribution in [2.75, 3.05) is 13.6 Å². The predicted octanol–water partition coefficient (Wildman–Crippen LogP) is 0.953. The van der Waals surface area contributed by atoms with Crippen LogP contribution >= 0.6 is 0 Å². The maximum Gasteiger partial charge on any atom is 0.290 e. The Hall–Kier alpha value is -3.24. The number of hydrogen-bond donors (Lipinski definition) is 3. The highest BCUT2D eigenvalue weighted by molar-refractivity contribution is 7.89. The smallest absolute Gasteiger partial charge is 0.277 e. The number of fused-ring (bicyclic) bond motifs is 1. The van der Waals surface area contributed by atoms with Gasteiger partial charge in [-0.3, -0.25) is 25.5 Å². The summed E-state index contributed by atoms with van der Waals surface area (Å²) >= 11 is 0. The molecule has 10 heteroatoms. The van der Waals surface area contributed by atoms with Crippen LogP contribution < -0.4 is 10.9 Å². The molecule has 3 aromatic rings. The van der Waals surface area contributed by atoms with Crippen LogP contribution in [0, 0.1) is 6.92 Å². The Morgan fingerprint density at radius 2 is 1.75 bits per heavy atom. The third-order valence-corrected chi connectivity index (χ3v) is 5.91. The van der Waals surface area contributed by atoms with Crippen molar-refractivity contribution < 1.29 is 18.0 Å². The second-order valence-corrected chi connectivity index (χ2v) is 8.24. The molecule has 0 aliphatic heterocycles. The topological polar surface area (TPSA) is 124 Å². The molecule has 0 saturated heterocycles. The summed E-state index contributed by atoms with van der Waals surface area (Å²) in [6, 6.07) is 13.4. The van der Waals surface area contributed by atoms with Crippen LogP contribution in [0.1, 0.15) is 16.1 Å². The van der Waals surface area contributed by atoms with Gasteiger partial charge < -0.3 is 0 Å². The summed E-state index contributed by atoms with van der Waals surface area (Å²) in [6.07, 6.45) is 0. The fourth-order valence-corrected chi connectivity index (χ4v) is 3.67. The summed E-state index contributed by atoms with van der Waals surface area (Å²) < 4.78 is 25.9. The first-order valence-corrected chi connectivity index (χ1v) is 9.78. The molecule has 146 valence electrons. The first kappa shape index (κ1) is 19.5. The number of hydrogen-bond acceptors (Lipinski definition) is 5. The SMILES string of the molecule is Cc1ccc(S(=O)(=O)N(C)CC(=O)NNC(=O)c2n[nH]c3ccccc23)cc1. The van der Waals surface area contributed by atoms with Crippen LogP contribution in [-0.2, 0) is 14.8 Å². The van der Waals surface area contributed by atoms with Gasteiger partial charge in [-0.15, -0.1) is 0 Å². The number of carbonyl (C=O) groups excluding carboxylic acids is 2. The molecule has 28 heavy (non-hydrogen) atoms. The molecule has 9 nitrogen and oxygen atoms in total. The van der Waals surface area contributed by atoms with E-state index in [2.05, 4.69) is 21.0 Å². The second kappa shape index (κ2) is 7.79. The van der Waals surface area contributed by atoms with Crippen LogP contribution in [-0.4, -0.2) is 48.3 Å². The van der Waals surface area contributed by atoms with Gasteiger partial charge >= 0.3 is 0 Å². The standard InChI is InChI=1S/C18H19N5O4S/c1-12-7-9-13(10-8-12)28(26,27)23(2)11-16(24)20-22-18(25)17-14-5-3-4-6-15(14)19-21-17/h3-10H,11H2,1-2H3,(H,19,21)(H,20,24)(H,22,25). The number of rotatable bonds is 5. The molecule has 0 saturated carbocycles. The van der Waals surface area contributed by atoms with Gasteiger partial charge in [0.2, 0.25) is 10.0 Å². The van der Waals surface area contributed by atoms with E-state index in [9.17, 15) is 18.0 Å². The number of amides is 2. The fourth-order valence-electron chi connectivity index (χ4n) is 2.54. The van der Waals surface area contributed by atoms with Gasteiger partial charge in [0.05, 0.1) is 17.0 Å². The van der Waals surface area contributed by atoms with Gasteiger partial charge in [-0.2, -0.15) is 9.40 Å². The number of carbonyl (C=O) groups is 2. The maximum atomic E-state index is 12.5. The lowest BCUT2D eigenvalue weighted by Crippen LogP contribution is -2.46. The lowest BCUT2D eigenvalue weighted by atomic mass is 10.2. The molecule has 0 spiro atoms. The Morgan fingerprint density at radius 1 is 1.07 bits per heavy atom. The predicted molar refractivity (Wildman–Crippen MR) is 103 cm³/mol. The molecule has 0 aliphatic carbocycles. The molecule has 1 aromatic heterocycles. The number of benzene rings is 2. The van der Waals surface area contributed by atoms with E-state index >= 15 is 0 Å². The Kier molecular flexibility index (Phi) is 5.43. The molecule has 3 N–H and O–H groups in total. The highest BCUT2D eigenvalue weighted by Gasteiger charge is 2.23. The molecule has 1 heterocycles. The Labute approximate surface area is 161 Å². The molecule has 0 atom stereocenters. The minimum Gasteiger partial charge on any atom is -0.277 e. The van der Waals surface area contributed by atoms with E-state index in [1.54, 1.807) is 36.4 Å². The summed E-state index contributed by atoms with van der Waals surface area (Å²) in [5.74, 6) is -1.30. The summed E-state index contributed by atoms with van der Waals surface area (Å²) in [5, 5.41) is 7.25. The number of aryl methyl sites for hydroxylation is 1. The lowest BCUT2D eigenvalue weighted by Gasteiger charge is -2.17. The summed E-state index contributed by atoms with van der Waals surface area (Å²) in [5.41, 5.74) is 6.17. The van der Waals surface area contributed by atoms with E-state index in [0.29, 0.717) is 10.9 Å². The van der Waals surface area contributed by atoms with Crippen molar-refractivity contribution in [1.29, 1.82) is 0 Å². The zero-order chi connectivity index (χ0) is 20.3. The molecular weight excluding hydrogens is 382 g/mol. The highest BCUT2D eigenvalue weighted by atomic mass is 32.2. The number of aromatic nitrogens is 2. The Morgan fingerprint density at radius 3 is 2.46 bits per heavy atom. The van der Waals surface area contributed by atoms with Gasteiger partial charge in [-0.05, 0) is 25.1 Å². The monoisotopic (exact) mass is 401 g/mol. The summed E-state index contributed by atoms with van der Waals surface area (Å²) in [7, 11) is -2.53. The fraction of sp³-hybridized carbons (Fsp3) is 0.167. The number of H-pyrrole nitrogens is 1. The van der Waals surface area contributed by atoms with E-state index in [1.165, 1.54) is 19.2 Å². The number of aromatic amines is 1. The molecule has 0 fully saturated rings. The number of para-hydroxylation sites is 1. The van der Waals surface area contributed by atoms with Crippen molar-refractivity contribution in [3.8, 4) is 0 Å². The molecule has 0 radical (unpaired) electrons. The molecule has 0 aliphatic rings. The zero-order valence-electron chi connectivity index (χ0n) is 15.3. The molecule has 0 bridgehead atoms. The largest absolute Gasteiger partial charge is 0.290 e. The van der Waals surface area contributed by atoms with Crippen LogP contribution in [0.2, 0.25) is 0 Å². The summed E-state index contributed by atoms with van der Waals surface area (Å²) in [6.45, 7) is 1.39. The van der Waals surface area contributed by atoms with E-state index in [-0.39, 0.29) is 10.6 Å². The van der Waals surface area contributed by atoms with Crippen LogP contribution in [0.3, 0.4) is 0 Å². The molecule has 0 unspecified atom stereocenters. The first-order valence-electron chi connectivity index (χ1n) is 8.34. The molecular formula is C18H19N5O4S. The van der Waals surface area contributed by atoms with E-state index in [4.69, 9.17) is 0 Å². The average Bonchev–Trinajstić information content (AvgIpc) is 3.10. The van der Waals surface area contributed by atoms with Gasteiger partial charge in [0.1, 0.15) is 0 Å². The van der Waals surface area contributed by atoms with Crippen LogP contribution in [0.5, 0.6) is 0 Å². The van der Waals surface area contributed by atoms with Crippen LogP contribution in [0.4, 0.5) is 0 Å². The van der Waals surface area contributed by atoms with Gasteiger partial charge in [-0.1, -0.05) is 35.9 Å². The molecule has 3 rings (SSSR count). The minimum absolute atomic E-state index is 0.0837. The Balaban J connectivity index is 1.60. The van der Waals surface area contributed by atoms with Crippen molar-refractivity contribution in [3.05, 3.63) is 59.8 Å². The van der Waals surface area contributed by atoms with Crippen LogP contribution in [0.15, 0.2) is 53.4 Å². The van der Waals surface area contributed by atoms with Crippen molar-refractivity contribution in [1.82, 2.24) is 25.4 Å². The quantitative estimate of drug-likeness (QED) is 0.549. The lowest BCUT2D eigenvalue weighted by molar-refractivity contribution is -0.121. The van der Waals surface area contributed by atoms with Crippen LogP contribution in [0.25, 0.3) is 10.9 Å². The highest BCUT2D eigenvalue weighted by Crippen LogP contribution is 2.15. The molecule has 2 aromatic carbocycles. The summed E-state index contributed by atoms with van der Waals surface area (Å²) in [4.78, 5) is 24.4. The number of hydrazine groups is 1. The van der Waals surface area contributed by atoms with E-state index in [0.717, 1.165) is 9.87 Å². The van der Waals surface area contributed by atoms with Crippen molar-refractivity contribution >= 4 is 32.7 Å². The first-order chi connectivity index (χ1) is 13.3.